The fraction of sp³-hybridized carbons (Fsp3) is 0.588. The zero-order chi connectivity index (χ0) is 14.9. The molecule has 0 spiro atoms. The van der Waals surface area contributed by atoms with Crippen LogP contribution in [0.2, 0.25) is 0 Å². The predicted molar refractivity (Wildman–Crippen MR) is 93.0 cm³/mol. The molecule has 2 aliphatic rings. The molecule has 0 amide bonds. The van der Waals surface area contributed by atoms with E-state index in [1.54, 1.807) is 7.11 Å². The van der Waals surface area contributed by atoms with Crippen molar-refractivity contribution in [2.24, 2.45) is 10.7 Å². The zero-order valence-electron chi connectivity index (χ0n) is 12.9. The van der Waals surface area contributed by atoms with Gasteiger partial charge in [0.2, 0.25) is 0 Å². The van der Waals surface area contributed by atoms with Crippen molar-refractivity contribution in [1.82, 2.24) is 0 Å². The molecule has 0 aromatic rings. The molecule has 1 atom stereocenters. The molecular formula is C17H26N2OS. The molecule has 1 aliphatic carbocycles. The Hall–Kier alpha value is -0.840. The van der Waals surface area contributed by atoms with E-state index in [1.165, 1.54) is 41.9 Å². The number of nitrogens with two attached hydrogens (primary N) is 1. The van der Waals surface area contributed by atoms with Gasteiger partial charge in [0.25, 0.3) is 0 Å². The number of hydrogen-bond donors (Lipinski definition) is 1. The number of rotatable bonds is 7. The Labute approximate surface area is 132 Å². The zero-order valence-corrected chi connectivity index (χ0v) is 13.7. The molecule has 2 N–H and O–H groups in total. The molecule has 0 aromatic carbocycles. The summed E-state index contributed by atoms with van der Waals surface area (Å²) in [6, 6.07) is 0.273. The summed E-state index contributed by atoms with van der Waals surface area (Å²) in [7, 11) is 1.70. The van der Waals surface area contributed by atoms with Crippen molar-refractivity contribution < 1.29 is 4.74 Å². The molecule has 0 saturated heterocycles. The molecule has 0 aromatic heterocycles. The van der Waals surface area contributed by atoms with Gasteiger partial charge in [0.15, 0.2) is 0 Å². The topological polar surface area (TPSA) is 47.6 Å². The van der Waals surface area contributed by atoms with Crippen molar-refractivity contribution in [3.05, 3.63) is 35.5 Å². The Balaban J connectivity index is 1.77. The molecule has 116 valence electrons. The summed E-state index contributed by atoms with van der Waals surface area (Å²) >= 11 is 1.89. The summed E-state index contributed by atoms with van der Waals surface area (Å²) in [4.78, 5) is 4.84. The Morgan fingerprint density at radius 2 is 2.10 bits per heavy atom. The fourth-order valence-corrected chi connectivity index (χ4v) is 3.84. The van der Waals surface area contributed by atoms with E-state index < -0.39 is 0 Å². The first-order valence-corrected chi connectivity index (χ1v) is 8.79. The van der Waals surface area contributed by atoms with E-state index in [1.807, 2.05) is 23.9 Å². The van der Waals surface area contributed by atoms with Crippen molar-refractivity contribution in [3.8, 4) is 0 Å². The lowest BCUT2D eigenvalue weighted by Crippen LogP contribution is -2.19. The highest BCUT2D eigenvalue weighted by atomic mass is 32.2. The SMILES string of the molecule is COC/C=C\C=C/CCSC1=NC(CN)C2=C1CCCC2. The van der Waals surface area contributed by atoms with Crippen LogP contribution in [0.1, 0.15) is 32.1 Å². The normalized spacial score (nSPS) is 22.4. The lowest BCUT2D eigenvalue weighted by atomic mass is 9.90. The van der Waals surface area contributed by atoms with Crippen molar-refractivity contribution in [3.63, 3.8) is 0 Å². The minimum absolute atomic E-state index is 0.273. The maximum absolute atomic E-state index is 5.86. The molecule has 0 bridgehead atoms. The molecule has 21 heavy (non-hydrogen) atoms. The number of hydrogen-bond acceptors (Lipinski definition) is 4. The largest absolute Gasteiger partial charge is 0.381 e. The van der Waals surface area contributed by atoms with Gasteiger partial charge in [-0.25, -0.2) is 0 Å². The third-order valence-corrected chi connectivity index (χ3v) is 4.90. The lowest BCUT2D eigenvalue weighted by molar-refractivity contribution is 0.234. The minimum Gasteiger partial charge on any atom is -0.381 e. The van der Waals surface area contributed by atoms with Gasteiger partial charge in [0.05, 0.1) is 17.7 Å². The number of allylic oxidation sites excluding steroid dienone is 3. The van der Waals surface area contributed by atoms with Crippen LogP contribution in [0.5, 0.6) is 0 Å². The molecule has 0 fully saturated rings. The number of methoxy groups -OCH3 is 1. The smallest absolute Gasteiger partial charge is 0.0944 e. The van der Waals surface area contributed by atoms with Crippen LogP contribution in [0.3, 0.4) is 0 Å². The maximum Gasteiger partial charge on any atom is 0.0944 e. The fourth-order valence-electron chi connectivity index (χ4n) is 2.79. The van der Waals surface area contributed by atoms with E-state index >= 15 is 0 Å². The highest BCUT2D eigenvalue weighted by Crippen LogP contribution is 2.37. The van der Waals surface area contributed by atoms with Crippen molar-refractivity contribution in [2.75, 3.05) is 26.0 Å². The average molecular weight is 306 g/mol. The Kier molecular flexibility index (Phi) is 7.27. The van der Waals surface area contributed by atoms with Crippen molar-refractivity contribution in [1.29, 1.82) is 0 Å². The highest BCUT2D eigenvalue weighted by Gasteiger charge is 2.28. The van der Waals surface area contributed by atoms with E-state index in [2.05, 4.69) is 12.2 Å². The molecule has 1 heterocycles. The highest BCUT2D eigenvalue weighted by molar-refractivity contribution is 8.14. The second kappa shape index (κ2) is 9.23. The molecule has 4 heteroatoms. The van der Waals surface area contributed by atoms with Crippen LogP contribution >= 0.6 is 11.8 Å². The monoisotopic (exact) mass is 306 g/mol. The molecule has 0 radical (unpaired) electrons. The third kappa shape index (κ3) is 4.83. The number of aliphatic imine (C=N–C) groups is 1. The van der Waals surface area contributed by atoms with Gasteiger partial charge in [-0.1, -0.05) is 24.3 Å². The van der Waals surface area contributed by atoms with Gasteiger partial charge >= 0.3 is 0 Å². The molecule has 2 rings (SSSR count). The third-order valence-electron chi connectivity index (χ3n) is 3.84. The first-order valence-electron chi connectivity index (χ1n) is 7.80. The summed E-state index contributed by atoms with van der Waals surface area (Å²) in [6.45, 7) is 1.33. The Morgan fingerprint density at radius 1 is 1.29 bits per heavy atom. The van der Waals surface area contributed by atoms with Gasteiger partial charge in [-0.05, 0) is 43.3 Å². The van der Waals surface area contributed by atoms with Gasteiger partial charge in [0.1, 0.15) is 0 Å². The molecule has 0 saturated carbocycles. The van der Waals surface area contributed by atoms with Crippen LogP contribution < -0.4 is 5.73 Å². The summed E-state index contributed by atoms with van der Waals surface area (Å²) < 4.78 is 4.95. The molecule has 1 aliphatic heterocycles. The van der Waals surface area contributed by atoms with Crippen molar-refractivity contribution in [2.45, 2.75) is 38.1 Å². The van der Waals surface area contributed by atoms with E-state index in [4.69, 9.17) is 15.5 Å². The van der Waals surface area contributed by atoms with E-state index in [-0.39, 0.29) is 6.04 Å². The van der Waals surface area contributed by atoms with E-state index in [0.717, 1.165) is 12.2 Å². The van der Waals surface area contributed by atoms with E-state index in [0.29, 0.717) is 13.2 Å². The summed E-state index contributed by atoms with van der Waals surface area (Å²) in [5.74, 6) is 1.08. The Morgan fingerprint density at radius 3 is 2.90 bits per heavy atom. The standard InChI is InChI=1S/C17H26N2OS/c1-20-11-7-3-2-4-8-12-21-17-15-10-6-5-9-14(15)16(13-18)19-17/h2-4,7,16H,5-6,8-13,18H2,1H3/b4-2-,7-3-. The van der Waals surface area contributed by atoms with Crippen LogP contribution in [0, 0.1) is 0 Å². The summed E-state index contributed by atoms with van der Waals surface area (Å²) in [5.41, 5.74) is 8.91. The van der Waals surface area contributed by atoms with E-state index in [9.17, 15) is 0 Å². The first-order chi connectivity index (χ1) is 10.4. The first kappa shape index (κ1) is 16.5. The van der Waals surface area contributed by atoms with Gasteiger partial charge in [0, 0.05) is 19.4 Å². The molecule has 3 nitrogen and oxygen atoms in total. The second-order valence-electron chi connectivity index (χ2n) is 5.35. The van der Waals surface area contributed by atoms with Crippen LogP contribution in [0.25, 0.3) is 0 Å². The summed E-state index contributed by atoms with van der Waals surface area (Å²) in [6.07, 6.45) is 14.4. The van der Waals surface area contributed by atoms with Crippen LogP contribution in [-0.2, 0) is 4.74 Å². The van der Waals surface area contributed by atoms with Gasteiger partial charge < -0.3 is 10.5 Å². The van der Waals surface area contributed by atoms with Crippen LogP contribution in [0.15, 0.2) is 40.4 Å². The number of ether oxygens (including phenoxy) is 1. The van der Waals surface area contributed by atoms with Gasteiger partial charge in [-0.3, -0.25) is 4.99 Å². The minimum atomic E-state index is 0.273. The average Bonchev–Trinajstić information content (AvgIpc) is 2.88. The Bertz CT molecular complexity index is 452. The second-order valence-corrected chi connectivity index (χ2v) is 6.43. The molecular weight excluding hydrogens is 280 g/mol. The van der Waals surface area contributed by atoms with Crippen LogP contribution in [0.4, 0.5) is 0 Å². The van der Waals surface area contributed by atoms with Crippen molar-refractivity contribution >= 4 is 16.8 Å². The number of thioether (sulfide) groups is 1. The lowest BCUT2D eigenvalue weighted by Gasteiger charge is -2.17. The number of nitrogens with zero attached hydrogens (tertiary/aromatic N) is 1. The maximum atomic E-state index is 5.86. The van der Waals surface area contributed by atoms with Crippen LogP contribution in [-0.4, -0.2) is 37.1 Å². The van der Waals surface area contributed by atoms with Gasteiger partial charge in [-0.15, -0.1) is 11.8 Å². The quantitative estimate of drug-likeness (QED) is 0.578. The predicted octanol–water partition coefficient (Wildman–Crippen LogP) is 3.48. The molecule has 1 unspecified atom stereocenters. The summed E-state index contributed by atoms with van der Waals surface area (Å²) in [5, 5.41) is 1.27. The van der Waals surface area contributed by atoms with Gasteiger partial charge in [-0.2, -0.15) is 0 Å².